The van der Waals surface area contributed by atoms with Crippen LogP contribution in [-0.4, -0.2) is 10.9 Å². The van der Waals surface area contributed by atoms with Crippen LogP contribution in [0.15, 0.2) is 47.3 Å². The lowest BCUT2D eigenvalue weighted by molar-refractivity contribution is 0.102. The molecule has 2 aromatic carbocycles. The summed E-state index contributed by atoms with van der Waals surface area (Å²) in [5.74, 6) is -0.269. The second kappa shape index (κ2) is 5.69. The van der Waals surface area contributed by atoms with Gasteiger partial charge in [0.05, 0.1) is 10.9 Å². The highest BCUT2D eigenvalue weighted by atomic mass is 32.1. The fraction of sp³-hybridized carbons (Fsp3) is 0.118. The van der Waals surface area contributed by atoms with Crippen LogP contribution in [0, 0.1) is 13.8 Å². The van der Waals surface area contributed by atoms with E-state index in [1.165, 1.54) is 0 Å². The van der Waals surface area contributed by atoms with Gasteiger partial charge in [0.1, 0.15) is 0 Å². The fourth-order valence-corrected chi connectivity index (χ4v) is 2.85. The number of fused-ring (bicyclic) bond motifs is 1. The normalized spacial score (nSPS) is 10.6. The Morgan fingerprint density at radius 3 is 2.45 bits per heavy atom. The van der Waals surface area contributed by atoms with Gasteiger partial charge in [0.15, 0.2) is 5.13 Å². The van der Waals surface area contributed by atoms with Gasteiger partial charge in [-0.05, 0) is 38.1 Å². The van der Waals surface area contributed by atoms with E-state index in [2.05, 4.69) is 10.3 Å². The lowest BCUT2D eigenvalue weighted by Crippen LogP contribution is -2.13. The number of anilines is 1. The molecule has 0 aliphatic heterocycles. The molecular weight excluding hydrogens is 296 g/mol. The summed E-state index contributed by atoms with van der Waals surface area (Å²) in [6.07, 6.45) is 0. The zero-order chi connectivity index (χ0) is 15.7. The van der Waals surface area contributed by atoms with Gasteiger partial charge in [-0.2, -0.15) is 0 Å². The zero-order valence-corrected chi connectivity index (χ0v) is 13.0. The zero-order valence-electron chi connectivity index (χ0n) is 12.2. The molecule has 3 rings (SSSR count). The molecule has 0 aliphatic rings. The standard InChI is InChI=1S/C17H14N2O2S/c1-10-3-6-12(7-4-10)15(20)19-17-18-14-8-5-11(2)9-13(14)16(21)22-17/h3-9H,1-2H3,(H,18,19,20). The van der Waals surface area contributed by atoms with Gasteiger partial charge in [0.2, 0.25) is 4.74 Å². The van der Waals surface area contributed by atoms with E-state index in [0.29, 0.717) is 21.6 Å². The van der Waals surface area contributed by atoms with Crippen molar-refractivity contribution in [3.8, 4) is 0 Å². The van der Waals surface area contributed by atoms with Crippen molar-refractivity contribution in [3.05, 3.63) is 68.7 Å². The highest BCUT2D eigenvalue weighted by Gasteiger charge is 2.10. The van der Waals surface area contributed by atoms with Crippen LogP contribution in [0.25, 0.3) is 10.9 Å². The summed E-state index contributed by atoms with van der Waals surface area (Å²) in [6.45, 7) is 3.89. The van der Waals surface area contributed by atoms with Crippen molar-refractivity contribution in [3.63, 3.8) is 0 Å². The molecular formula is C17H14N2O2S. The molecule has 0 bridgehead atoms. The first kappa shape index (κ1) is 14.4. The number of aryl methyl sites for hydroxylation is 2. The van der Waals surface area contributed by atoms with Gasteiger partial charge in [-0.15, -0.1) is 0 Å². The molecule has 1 aromatic heterocycles. The Morgan fingerprint density at radius 1 is 1.05 bits per heavy atom. The number of amides is 1. The highest BCUT2D eigenvalue weighted by Crippen LogP contribution is 2.17. The van der Waals surface area contributed by atoms with Crippen LogP contribution in [0.1, 0.15) is 21.5 Å². The molecule has 0 unspecified atom stereocenters. The van der Waals surface area contributed by atoms with Crippen molar-refractivity contribution in [2.24, 2.45) is 0 Å². The number of carbonyl (C=O) groups is 1. The molecule has 0 atom stereocenters. The van der Waals surface area contributed by atoms with Crippen molar-refractivity contribution in [1.82, 2.24) is 4.98 Å². The number of hydrogen-bond donors (Lipinski definition) is 1. The highest BCUT2D eigenvalue weighted by molar-refractivity contribution is 7.13. The maximum atomic E-state index is 12.2. The van der Waals surface area contributed by atoms with Gasteiger partial charge >= 0.3 is 0 Å². The minimum atomic E-state index is -0.269. The molecule has 0 fully saturated rings. The molecule has 1 amide bonds. The van der Waals surface area contributed by atoms with Crippen LogP contribution < -0.4 is 10.1 Å². The third kappa shape index (κ3) is 2.89. The number of nitrogens with one attached hydrogen (secondary N) is 1. The van der Waals surface area contributed by atoms with Gasteiger partial charge in [-0.25, -0.2) is 4.98 Å². The maximum Gasteiger partial charge on any atom is 0.257 e. The molecule has 1 N–H and O–H groups in total. The molecule has 0 saturated heterocycles. The quantitative estimate of drug-likeness (QED) is 0.788. The van der Waals surface area contributed by atoms with Crippen molar-refractivity contribution in [1.29, 1.82) is 0 Å². The maximum absolute atomic E-state index is 12.2. The number of aromatic nitrogens is 1. The third-order valence-electron chi connectivity index (χ3n) is 3.32. The monoisotopic (exact) mass is 310 g/mol. The van der Waals surface area contributed by atoms with Gasteiger partial charge < -0.3 is 0 Å². The second-order valence-corrected chi connectivity index (χ2v) is 6.11. The summed E-state index contributed by atoms with van der Waals surface area (Å²) in [6, 6.07) is 12.7. The summed E-state index contributed by atoms with van der Waals surface area (Å²) < 4.78 is -0.104. The molecule has 0 saturated carbocycles. The molecule has 0 spiro atoms. The summed E-state index contributed by atoms with van der Waals surface area (Å²) in [4.78, 5) is 28.7. The average molecular weight is 310 g/mol. The Hall–Kier alpha value is -2.53. The predicted octanol–water partition coefficient (Wildman–Crippen LogP) is 3.53. The van der Waals surface area contributed by atoms with Crippen LogP contribution in [0.4, 0.5) is 5.13 Å². The van der Waals surface area contributed by atoms with Crippen LogP contribution in [0.2, 0.25) is 0 Å². The van der Waals surface area contributed by atoms with Crippen LogP contribution in [-0.2, 0) is 0 Å². The van der Waals surface area contributed by atoms with Gasteiger partial charge in [-0.1, -0.05) is 40.7 Å². The Balaban J connectivity index is 1.94. The molecule has 1 heterocycles. The lowest BCUT2D eigenvalue weighted by Gasteiger charge is -2.05. The number of rotatable bonds is 2. The van der Waals surface area contributed by atoms with Crippen LogP contribution >= 0.6 is 11.3 Å². The first-order chi connectivity index (χ1) is 10.5. The number of benzene rings is 2. The van der Waals surface area contributed by atoms with E-state index in [-0.39, 0.29) is 10.6 Å². The minimum Gasteiger partial charge on any atom is -0.298 e. The minimum absolute atomic E-state index is 0.104. The van der Waals surface area contributed by atoms with E-state index < -0.39 is 0 Å². The Labute approximate surface area is 131 Å². The van der Waals surface area contributed by atoms with Gasteiger partial charge in [-0.3, -0.25) is 14.9 Å². The predicted molar refractivity (Wildman–Crippen MR) is 89.8 cm³/mol. The fourth-order valence-electron chi connectivity index (χ4n) is 2.11. The SMILES string of the molecule is Cc1ccc(C(=O)Nc2nc3ccc(C)cc3c(=O)s2)cc1. The summed E-state index contributed by atoms with van der Waals surface area (Å²) in [7, 11) is 0. The van der Waals surface area contributed by atoms with Crippen LogP contribution in [0.5, 0.6) is 0 Å². The molecule has 22 heavy (non-hydrogen) atoms. The van der Waals surface area contributed by atoms with E-state index in [1.54, 1.807) is 18.2 Å². The molecule has 3 aromatic rings. The number of carbonyl (C=O) groups excluding carboxylic acids is 1. The molecule has 4 nitrogen and oxygen atoms in total. The molecule has 110 valence electrons. The van der Waals surface area contributed by atoms with Crippen molar-refractivity contribution in [2.45, 2.75) is 13.8 Å². The van der Waals surface area contributed by atoms with E-state index in [9.17, 15) is 9.59 Å². The largest absolute Gasteiger partial charge is 0.298 e. The Bertz CT molecular complexity index is 914. The van der Waals surface area contributed by atoms with Crippen LogP contribution in [0.3, 0.4) is 0 Å². The average Bonchev–Trinajstić information content (AvgIpc) is 2.49. The molecule has 0 aliphatic carbocycles. The second-order valence-electron chi connectivity index (χ2n) is 5.15. The lowest BCUT2D eigenvalue weighted by atomic mass is 10.1. The van der Waals surface area contributed by atoms with Crippen molar-refractivity contribution >= 4 is 33.3 Å². The first-order valence-electron chi connectivity index (χ1n) is 6.82. The topological polar surface area (TPSA) is 59.1 Å². The Morgan fingerprint density at radius 2 is 1.73 bits per heavy atom. The van der Waals surface area contributed by atoms with Gasteiger partial charge in [0, 0.05) is 5.56 Å². The van der Waals surface area contributed by atoms with E-state index in [4.69, 9.17) is 0 Å². The third-order valence-corrected chi connectivity index (χ3v) is 4.11. The summed E-state index contributed by atoms with van der Waals surface area (Å²) >= 11 is 0.943. The number of nitrogens with zero attached hydrogens (tertiary/aromatic N) is 1. The van der Waals surface area contributed by atoms with Crippen molar-refractivity contribution in [2.75, 3.05) is 5.32 Å². The van der Waals surface area contributed by atoms with E-state index in [1.807, 2.05) is 38.1 Å². The van der Waals surface area contributed by atoms with E-state index >= 15 is 0 Å². The van der Waals surface area contributed by atoms with Crippen molar-refractivity contribution < 1.29 is 4.79 Å². The first-order valence-corrected chi connectivity index (χ1v) is 7.64. The van der Waals surface area contributed by atoms with Gasteiger partial charge in [0.25, 0.3) is 5.91 Å². The van der Waals surface area contributed by atoms with E-state index in [0.717, 1.165) is 22.5 Å². The summed E-state index contributed by atoms with van der Waals surface area (Å²) in [5, 5.41) is 3.59. The number of hydrogen-bond acceptors (Lipinski definition) is 4. The smallest absolute Gasteiger partial charge is 0.257 e. The molecule has 5 heteroatoms. The Kier molecular flexibility index (Phi) is 3.73. The molecule has 0 radical (unpaired) electrons. The summed E-state index contributed by atoms with van der Waals surface area (Å²) in [5.41, 5.74) is 3.22.